The van der Waals surface area contributed by atoms with Crippen molar-refractivity contribution in [2.75, 3.05) is 18.0 Å². The summed E-state index contributed by atoms with van der Waals surface area (Å²) in [6.07, 6.45) is 1.80. The molecule has 0 fully saturated rings. The number of nitrogens with zero attached hydrogens (tertiary/aromatic N) is 2. The first-order valence-electron chi connectivity index (χ1n) is 10.0. The van der Waals surface area contributed by atoms with Crippen LogP contribution in [0.25, 0.3) is 0 Å². The number of anilines is 1. The van der Waals surface area contributed by atoms with Gasteiger partial charge in [-0.1, -0.05) is 24.3 Å². The molecule has 0 atom stereocenters. The van der Waals surface area contributed by atoms with Crippen molar-refractivity contribution < 1.29 is 14.6 Å². The lowest BCUT2D eigenvalue weighted by Gasteiger charge is -2.20. The summed E-state index contributed by atoms with van der Waals surface area (Å²) in [4.78, 5) is 17.8. The summed E-state index contributed by atoms with van der Waals surface area (Å²) >= 11 is 0. The van der Waals surface area contributed by atoms with Crippen LogP contribution in [0.1, 0.15) is 35.3 Å². The summed E-state index contributed by atoms with van der Waals surface area (Å²) in [5.74, 6) is -0.211. The number of hydrogen-bond acceptors (Lipinski definition) is 4. The van der Waals surface area contributed by atoms with E-state index in [1.165, 1.54) is 5.69 Å². The molecular formula is C25H26N2O3. The first kappa shape index (κ1) is 21.1. The molecular weight excluding hydrogens is 376 g/mol. The highest BCUT2D eigenvalue weighted by molar-refractivity contribution is 5.87. The lowest BCUT2D eigenvalue weighted by Crippen LogP contribution is -2.21. The highest BCUT2D eigenvalue weighted by atomic mass is 16.5. The number of ether oxygens (including phenoxy) is 1. The molecule has 154 valence electrons. The fraction of sp³-hybridized carbons (Fsp3) is 0.200. The molecule has 3 aromatic carbocycles. The molecule has 0 heterocycles. The zero-order valence-corrected chi connectivity index (χ0v) is 17.3. The molecule has 0 radical (unpaired) electrons. The van der Waals surface area contributed by atoms with Gasteiger partial charge < -0.3 is 14.7 Å². The van der Waals surface area contributed by atoms with Crippen LogP contribution < -0.4 is 9.64 Å². The Hall–Kier alpha value is -3.60. The zero-order chi connectivity index (χ0) is 21.3. The topological polar surface area (TPSA) is 62.1 Å². The van der Waals surface area contributed by atoms with Gasteiger partial charge >= 0.3 is 5.97 Å². The van der Waals surface area contributed by atoms with Gasteiger partial charge in [0.05, 0.1) is 11.3 Å². The van der Waals surface area contributed by atoms with Gasteiger partial charge in [0.25, 0.3) is 0 Å². The number of aliphatic imine (C=N–C) groups is 1. The molecule has 0 aliphatic carbocycles. The van der Waals surface area contributed by atoms with Crippen LogP contribution in [-0.4, -0.2) is 30.4 Å². The fourth-order valence-electron chi connectivity index (χ4n) is 3.11. The summed E-state index contributed by atoms with van der Waals surface area (Å²) in [6, 6.07) is 22.6. The minimum absolute atomic E-state index is 0.262. The van der Waals surface area contributed by atoms with Gasteiger partial charge in [0.15, 0.2) is 0 Å². The van der Waals surface area contributed by atoms with Gasteiger partial charge in [0.1, 0.15) is 12.4 Å². The SMILES string of the molecule is CCN(CC)c1ccc(N=Cc2ccccc2OCc2ccc(C(=O)O)cc2)cc1. The van der Waals surface area contributed by atoms with Crippen LogP contribution in [0, 0.1) is 0 Å². The Labute approximate surface area is 177 Å². The Morgan fingerprint density at radius 2 is 1.63 bits per heavy atom. The van der Waals surface area contributed by atoms with Gasteiger partial charge in [-0.3, -0.25) is 4.99 Å². The van der Waals surface area contributed by atoms with Gasteiger partial charge in [0.2, 0.25) is 0 Å². The third kappa shape index (κ3) is 5.47. The Balaban J connectivity index is 1.68. The summed E-state index contributed by atoms with van der Waals surface area (Å²) < 4.78 is 5.95. The second kappa shape index (κ2) is 10.3. The van der Waals surface area contributed by atoms with E-state index in [-0.39, 0.29) is 5.56 Å². The molecule has 0 aliphatic heterocycles. The quantitative estimate of drug-likeness (QED) is 0.476. The average Bonchev–Trinajstić information content (AvgIpc) is 2.78. The van der Waals surface area contributed by atoms with Gasteiger partial charge in [-0.15, -0.1) is 0 Å². The van der Waals surface area contributed by atoms with Crippen molar-refractivity contribution in [3.63, 3.8) is 0 Å². The maximum atomic E-state index is 11.0. The normalized spacial score (nSPS) is 10.9. The van der Waals surface area contributed by atoms with Crippen molar-refractivity contribution in [3.05, 3.63) is 89.5 Å². The fourth-order valence-corrected chi connectivity index (χ4v) is 3.11. The van der Waals surface area contributed by atoms with E-state index in [1.54, 1.807) is 30.5 Å². The van der Waals surface area contributed by atoms with E-state index in [4.69, 9.17) is 9.84 Å². The summed E-state index contributed by atoms with van der Waals surface area (Å²) in [5.41, 5.74) is 4.12. The minimum Gasteiger partial charge on any atom is -0.488 e. The predicted molar refractivity (Wildman–Crippen MR) is 121 cm³/mol. The van der Waals surface area contributed by atoms with Crippen molar-refractivity contribution >= 4 is 23.6 Å². The largest absolute Gasteiger partial charge is 0.488 e. The summed E-state index contributed by atoms with van der Waals surface area (Å²) in [5, 5.41) is 8.99. The molecule has 3 rings (SSSR count). The molecule has 30 heavy (non-hydrogen) atoms. The first-order valence-corrected chi connectivity index (χ1v) is 10.0. The van der Waals surface area contributed by atoms with E-state index in [2.05, 4.69) is 35.9 Å². The van der Waals surface area contributed by atoms with Gasteiger partial charge in [-0.05, 0) is 67.9 Å². The molecule has 5 nitrogen and oxygen atoms in total. The number of benzene rings is 3. The number of hydrogen-bond donors (Lipinski definition) is 1. The molecule has 0 unspecified atom stereocenters. The molecule has 5 heteroatoms. The second-order valence-electron chi connectivity index (χ2n) is 6.78. The van der Waals surface area contributed by atoms with Gasteiger partial charge in [0, 0.05) is 30.6 Å². The monoisotopic (exact) mass is 402 g/mol. The third-order valence-electron chi connectivity index (χ3n) is 4.85. The second-order valence-corrected chi connectivity index (χ2v) is 6.78. The first-order chi connectivity index (χ1) is 14.6. The highest BCUT2D eigenvalue weighted by Crippen LogP contribution is 2.22. The summed E-state index contributed by atoms with van der Waals surface area (Å²) in [6.45, 7) is 6.59. The predicted octanol–water partition coefficient (Wildman–Crippen LogP) is 5.56. The number of rotatable bonds is 9. The Morgan fingerprint density at radius 3 is 2.27 bits per heavy atom. The molecule has 0 aliphatic rings. The number of aromatic carboxylic acids is 1. The molecule has 0 amide bonds. The standard InChI is InChI=1S/C25H26N2O3/c1-3-27(4-2)23-15-13-22(14-16-23)26-17-21-7-5-6-8-24(21)30-18-19-9-11-20(12-10-19)25(28)29/h5-17H,3-4,18H2,1-2H3,(H,28,29). The maximum absolute atomic E-state index is 11.0. The zero-order valence-electron chi connectivity index (χ0n) is 17.3. The van der Waals surface area contributed by atoms with Crippen LogP contribution in [0.5, 0.6) is 5.75 Å². The van der Waals surface area contributed by atoms with Crippen molar-refractivity contribution in [2.24, 2.45) is 4.99 Å². The Kier molecular flexibility index (Phi) is 7.22. The number of carbonyl (C=O) groups is 1. The van der Waals surface area contributed by atoms with Crippen LogP contribution in [0.3, 0.4) is 0 Å². The lowest BCUT2D eigenvalue weighted by molar-refractivity contribution is 0.0697. The Morgan fingerprint density at radius 1 is 0.967 bits per heavy atom. The number of para-hydroxylation sites is 1. The van der Waals surface area contributed by atoms with Gasteiger partial charge in [-0.2, -0.15) is 0 Å². The van der Waals surface area contributed by atoms with Crippen molar-refractivity contribution in [1.82, 2.24) is 0 Å². The van der Waals surface area contributed by atoms with E-state index < -0.39 is 5.97 Å². The van der Waals surface area contributed by atoms with E-state index >= 15 is 0 Å². The van der Waals surface area contributed by atoms with Gasteiger partial charge in [-0.25, -0.2) is 4.79 Å². The smallest absolute Gasteiger partial charge is 0.335 e. The van der Waals surface area contributed by atoms with E-state index in [1.807, 2.05) is 36.4 Å². The maximum Gasteiger partial charge on any atom is 0.335 e. The minimum atomic E-state index is -0.936. The molecule has 1 N–H and O–H groups in total. The lowest BCUT2D eigenvalue weighted by atomic mass is 10.1. The third-order valence-corrected chi connectivity index (χ3v) is 4.85. The molecule has 3 aromatic rings. The molecule has 0 bridgehead atoms. The van der Waals surface area contributed by atoms with E-state index in [9.17, 15) is 4.79 Å². The van der Waals surface area contributed by atoms with E-state index in [0.29, 0.717) is 6.61 Å². The molecule has 0 saturated heterocycles. The molecule has 0 aromatic heterocycles. The molecule has 0 spiro atoms. The number of carboxylic acids is 1. The summed E-state index contributed by atoms with van der Waals surface area (Å²) in [7, 11) is 0. The van der Waals surface area contributed by atoms with Crippen molar-refractivity contribution in [1.29, 1.82) is 0 Å². The van der Waals surface area contributed by atoms with E-state index in [0.717, 1.165) is 35.7 Å². The van der Waals surface area contributed by atoms with Crippen LogP contribution in [0.4, 0.5) is 11.4 Å². The molecule has 0 saturated carbocycles. The van der Waals surface area contributed by atoms with Crippen molar-refractivity contribution in [3.8, 4) is 5.75 Å². The van der Waals surface area contributed by atoms with Crippen LogP contribution in [0.2, 0.25) is 0 Å². The number of carboxylic acid groups (broad SMARTS) is 1. The highest BCUT2D eigenvalue weighted by Gasteiger charge is 2.05. The van der Waals surface area contributed by atoms with Crippen LogP contribution in [-0.2, 0) is 6.61 Å². The Bertz CT molecular complexity index is 992. The average molecular weight is 402 g/mol. The van der Waals surface area contributed by atoms with Crippen molar-refractivity contribution in [2.45, 2.75) is 20.5 Å². The van der Waals surface area contributed by atoms with Crippen LogP contribution in [0.15, 0.2) is 77.8 Å². The van der Waals surface area contributed by atoms with Crippen LogP contribution >= 0.6 is 0 Å².